The van der Waals surface area contributed by atoms with E-state index in [9.17, 15) is 4.79 Å². The third-order valence-corrected chi connectivity index (χ3v) is 2.50. The first kappa shape index (κ1) is 9.46. The molecule has 0 saturated heterocycles. The molecule has 0 atom stereocenters. The SMILES string of the molecule is CC1=C(C#N)C2=NCCN2C=C1C(=O)O. The van der Waals surface area contributed by atoms with E-state index in [-0.39, 0.29) is 5.57 Å². The fourth-order valence-electron chi connectivity index (χ4n) is 1.71. The van der Waals surface area contributed by atoms with Crippen molar-refractivity contribution in [2.45, 2.75) is 6.92 Å². The molecule has 5 heteroatoms. The molecule has 0 fully saturated rings. The summed E-state index contributed by atoms with van der Waals surface area (Å²) in [6.07, 6.45) is 1.55. The van der Waals surface area contributed by atoms with Gasteiger partial charge in [-0.15, -0.1) is 0 Å². The molecule has 0 unspecified atom stereocenters. The van der Waals surface area contributed by atoms with E-state index < -0.39 is 5.97 Å². The summed E-state index contributed by atoms with van der Waals surface area (Å²) in [4.78, 5) is 16.8. The predicted molar refractivity (Wildman–Crippen MR) is 53.0 cm³/mol. The first-order valence-electron chi connectivity index (χ1n) is 4.53. The van der Waals surface area contributed by atoms with Crippen molar-refractivity contribution in [2.24, 2.45) is 4.99 Å². The van der Waals surface area contributed by atoms with Crippen LogP contribution in [-0.2, 0) is 4.79 Å². The lowest BCUT2D eigenvalue weighted by molar-refractivity contribution is -0.132. The molecule has 0 aliphatic carbocycles. The molecule has 15 heavy (non-hydrogen) atoms. The molecule has 0 saturated carbocycles. The average molecular weight is 203 g/mol. The second-order valence-corrected chi connectivity index (χ2v) is 3.36. The van der Waals surface area contributed by atoms with Crippen LogP contribution in [0.5, 0.6) is 0 Å². The number of carbonyl (C=O) groups is 1. The Bertz CT molecular complexity index is 466. The van der Waals surface area contributed by atoms with E-state index in [4.69, 9.17) is 10.4 Å². The van der Waals surface area contributed by atoms with E-state index in [0.29, 0.717) is 30.1 Å². The number of amidine groups is 1. The Balaban J connectivity index is 2.56. The smallest absolute Gasteiger partial charge is 0.337 e. The molecule has 2 aliphatic heterocycles. The molecule has 0 aromatic carbocycles. The number of aliphatic imine (C=N–C) groups is 1. The summed E-state index contributed by atoms with van der Waals surface area (Å²) in [5, 5.41) is 17.9. The number of carboxylic acid groups (broad SMARTS) is 1. The molecule has 1 N–H and O–H groups in total. The quantitative estimate of drug-likeness (QED) is 0.674. The number of rotatable bonds is 1. The minimum absolute atomic E-state index is 0.174. The molecule has 0 spiro atoms. The summed E-state index contributed by atoms with van der Waals surface area (Å²) in [5.74, 6) is -0.411. The number of aliphatic carboxylic acids is 1. The molecular weight excluding hydrogens is 194 g/mol. The van der Waals surface area contributed by atoms with Crippen molar-refractivity contribution in [3.05, 3.63) is 22.9 Å². The monoisotopic (exact) mass is 203 g/mol. The molecule has 2 heterocycles. The van der Waals surface area contributed by atoms with E-state index in [1.807, 2.05) is 6.07 Å². The fraction of sp³-hybridized carbons (Fsp3) is 0.300. The summed E-state index contributed by atoms with van der Waals surface area (Å²) in [6.45, 7) is 2.89. The average Bonchev–Trinajstić information content (AvgIpc) is 2.64. The standard InChI is InChI=1S/C10H9N3O2/c1-6-7(4-11)9-12-2-3-13(9)5-8(6)10(14)15/h5H,2-3H2,1H3,(H,14,15). The van der Waals surface area contributed by atoms with Gasteiger partial charge in [-0.05, 0) is 12.5 Å². The predicted octanol–water partition coefficient (Wildman–Crippen LogP) is 0.523. The van der Waals surface area contributed by atoms with Crippen LogP contribution >= 0.6 is 0 Å². The van der Waals surface area contributed by atoms with Crippen LogP contribution in [0.25, 0.3) is 0 Å². The van der Waals surface area contributed by atoms with Crippen LogP contribution < -0.4 is 0 Å². The third kappa shape index (κ3) is 1.31. The Morgan fingerprint density at radius 3 is 3.07 bits per heavy atom. The van der Waals surface area contributed by atoms with Crippen LogP contribution in [0.15, 0.2) is 27.9 Å². The number of fused-ring (bicyclic) bond motifs is 1. The first-order chi connectivity index (χ1) is 7.15. The zero-order valence-electron chi connectivity index (χ0n) is 8.19. The molecular formula is C10H9N3O2. The van der Waals surface area contributed by atoms with Crippen LogP contribution in [-0.4, -0.2) is 34.9 Å². The van der Waals surface area contributed by atoms with Gasteiger partial charge in [-0.1, -0.05) is 0 Å². The van der Waals surface area contributed by atoms with Gasteiger partial charge in [0.05, 0.1) is 17.7 Å². The highest BCUT2D eigenvalue weighted by molar-refractivity contribution is 6.09. The summed E-state index contributed by atoms with van der Waals surface area (Å²) in [5.41, 5.74) is 1.03. The van der Waals surface area contributed by atoms with Crippen LogP contribution in [0, 0.1) is 11.3 Å². The lowest BCUT2D eigenvalue weighted by atomic mass is 9.98. The second-order valence-electron chi connectivity index (χ2n) is 3.36. The topological polar surface area (TPSA) is 76.7 Å². The number of hydrogen-bond donors (Lipinski definition) is 1. The normalized spacial score (nSPS) is 19.3. The molecule has 0 bridgehead atoms. The minimum Gasteiger partial charge on any atom is -0.478 e. The highest BCUT2D eigenvalue weighted by atomic mass is 16.4. The van der Waals surface area contributed by atoms with Crippen molar-refractivity contribution in [3.8, 4) is 6.07 Å². The van der Waals surface area contributed by atoms with Crippen molar-refractivity contribution < 1.29 is 9.90 Å². The van der Waals surface area contributed by atoms with E-state index in [1.54, 1.807) is 18.0 Å². The first-order valence-corrected chi connectivity index (χ1v) is 4.53. The van der Waals surface area contributed by atoms with Crippen molar-refractivity contribution in [1.29, 1.82) is 5.26 Å². The fourth-order valence-corrected chi connectivity index (χ4v) is 1.71. The number of carboxylic acids is 1. The van der Waals surface area contributed by atoms with Gasteiger partial charge in [-0.25, -0.2) is 4.79 Å². The van der Waals surface area contributed by atoms with Gasteiger partial charge in [-0.3, -0.25) is 4.99 Å². The van der Waals surface area contributed by atoms with Crippen molar-refractivity contribution in [1.82, 2.24) is 4.90 Å². The van der Waals surface area contributed by atoms with E-state index >= 15 is 0 Å². The molecule has 0 aromatic heterocycles. The van der Waals surface area contributed by atoms with Gasteiger partial charge in [0, 0.05) is 12.7 Å². The molecule has 0 amide bonds. The van der Waals surface area contributed by atoms with Gasteiger partial charge >= 0.3 is 5.97 Å². The molecule has 5 nitrogen and oxygen atoms in total. The highest BCUT2D eigenvalue weighted by Gasteiger charge is 2.29. The lowest BCUT2D eigenvalue weighted by Crippen LogP contribution is -2.29. The summed E-state index contributed by atoms with van der Waals surface area (Å²) in [6, 6.07) is 2.01. The lowest BCUT2D eigenvalue weighted by Gasteiger charge is -2.22. The maximum absolute atomic E-state index is 10.9. The summed E-state index contributed by atoms with van der Waals surface area (Å²) >= 11 is 0. The highest BCUT2D eigenvalue weighted by Crippen LogP contribution is 2.25. The maximum atomic E-state index is 10.9. The van der Waals surface area contributed by atoms with Crippen molar-refractivity contribution >= 4 is 11.8 Å². The Hall–Kier alpha value is -2.09. The van der Waals surface area contributed by atoms with Crippen molar-refractivity contribution in [2.75, 3.05) is 13.1 Å². The van der Waals surface area contributed by atoms with Gasteiger partial charge < -0.3 is 10.0 Å². The number of nitriles is 1. The molecule has 0 aromatic rings. The number of nitrogens with zero attached hydrogens (tertiary/aromatic N) is 3. The summed E-state index contributed by atoms with van der Waals surface area (Å²) < 4.78 is 0. The van der Waals surface area contributed by atoms with E-state index in [0.717, 1.165) is 0 Å². The molecule has 76 valence electrons. The van der Waals surface area contributed by atoms with Crippen LogP contribution in [0.1, 0.15) is 6.92 Å². The molecule has 2 rings (SSSR count). The Morgan fingerprint density at radius 2 is 2.47 bits per heavy atom. The van der Waals surface area contributed by atoms with Crippen LogP contribution in [0.4, 0.5) is 0 Å². The largest absolute Gasteiger partial charge is 0.478 e. The van der Waals surface area contributed by atoms with Gasteiger partial charge in [0.25, 0.3) is 0 Å². The Labute approximate surface area is 86.6 Å². The van der Waals surface area contributed by atoms with Crippen LogP contribution in [0.2, 0.25) is 0 Å². The van der Waals surface area contributed by atoms with Gasteiger partial charge in [-0.2, -0.15) is 5.26 Å². The van der Waals surface area contributed by atoms with Gasteiger partial charge in [0.2, 0.25) is 0 Å². The molecule has 2 aliphatic rings. The third-order valence-electron chi connectivity index (χ3n) is 2.50. The zero-order valence-corrected chi connectivity index (χ0v) is 8.19. The molecule has 0 radical (unpaired) electrons. The Kier molecular flexibility index (Phi) is 2.05. The van der Waals surface area contributed by atoms with Gasteiger partial charge in [0.1, 0.15) is 11.9 Å². The van der Waals surface area contributed by atoms with E-state index in [1.165, 1.54) is 0 Å². The Morgan fingerprint density at radius 1 is 1.73 bits per heavy atom. The van der Waals surface area contributed by atoms with Crippen LogP contribution in [0.3, 0.4) is 0 Å². The number of hydrogen-bond acceptors (Lipinski definition) is 4. The van der Waals surface area contributed by atoms with Gasteiger partial charge in [0.15, 0.2) is 0 Å². The zero-order chi connectivity index (χ0) is 11.0. The minimum atomic E-state index is -1.01. The maximum Gasteiger partial charge on any atom is 0.337 e. The summed E-state index contributed by atoms with van der Waals surface area (Å²) in [7, 11) is 0. The van der Waals surface area contributed by atoms with E-state index in [2.05, 4.69) is 4.99 Å². The second kappa shape index (κ2) is 3.24. The van der Waals surface area contributed by atoms with Crippen molar-refractivity contribution in [3.63, 3.8) is 0 Å².